The summed E-state index contributed by atoms with van der Waals surface area (Å²) in [6, 6.07) is 5.40. The summed E-state index contributed by atoms with van der Waals surface area (Å²) in [4.78, 5) is 63.5. The number of nitrogens with zero attached hydrogens (tertiary/aromatic N) is 1. The van der Waals surface area contributed by atoms with Crippen molar-refractivity contribution in [3.8, 4) is 0 Å². The highest BCUT2D eigenvalue weighted by Gasteiger charge is 2.47. The van der Waals surface area contributed by atoms with Gasteiger partial charge in [-0.2, -0.15) is 0 Å². The van der Waals surface area contributed by atoms with Gasteiger partial charge in [-0.25, -0.2) is 14.4 Å². The Labute approximate surface area is 227 Å². The maximum absolute atomic E-state index is 13.1. The van der Waals surface area contributed by atoms with Gasteiger partial charge in [0.25, 0.3) is 0 Å². The highest BCUT2D eigenvalue weighted by atomic mass is 16.5. The number of carboxylic acid groups (broad SMARTS) is 2. The van der Waals surface area contributed by atoms with Crippen LogP contribution in [0.25, 0.3) is 0 Å². The van der Waals surface area contributed by atoms with Gasteiger partial charge in [0.2, 0.25) is 11.8 Å². The minimum atomic E-state index is -1.41. The van der Waals surface area contributed by atoms with Crippen LogP contribution in [0.4, 0.5) is 4.79 Å². The van der Waals surface area contributed by atoms with Crippen molar-refractivity contribution in [3.05, 3.63) is 35.9 Å². The predicted molar refractivity (Wildman–Crippen MR) is 139 cm³/mol. The van der Waals surface area contributed by atoms with E-state index in [0.29, 0.717) is 12.8 Å². The van der Waals surface area contributed by atoms with Gasteiger partial charge in [-0.1, -0.05) is 43.2 Å². The zero-order chi connectivity index (χ0) is 28.4. The number of carboxylic acids is 2. The quantitative estimate of drug-likeness (QED) is 0.245. The van der Waals surface area contributed by atoms with Crippen molar-refractivity contribution in [2.45, 2.75) is 88.6 Å². The summed E-state index contributed by atoms with van der Waals surface area (Å²) in [7, 11) is 0. The Kier molecular flexibility index (Phi) is 11.1. The van der Waals surface area contributed by atoms with Gasteiger partial charge in [-0.05, 0) is 56.6 Å². The molecule has 12 heteroatoms. The molecule has 0 aromatic heterocycles. The number of carbonyl (C=O) groups is 5. The van der Waals surface area contributed by atoms with Gasteiger partial charge in [-0.3, -0.25) is 9.59 Å². The Morgan fingerprint density at radius 2 is 1.72 bits per heavy atom. The van der Waals surface area contributed by atoms with Crippen LogP contribution >= 0.6 is 0 Å². The molecule has 1 aromatic carbocycles. The molecule has 3 unspecified atom stereocenters. The van der Waals surface area contributed by atoms with Crippen molar-refractivity contribution in [2.24, 2.45) is 11.7 Å². The van der Waals surface area contributed by atoms with Gasteiger partial charge in [-0.15, -0.1) is 0 Å². The monoisotopic (exact) mass is 546 g/mol. The molecule has 0 bridgehead atoms. The third-order valence-electron chi connectivity index (χ3n) is 7.44. The summed E-state index contributed by atoms with van der Waals surface area (Å²) in [6.07, 6.45) is 3.18. The molecular formula is C27H38N4O8. The Morgan fingerprint density at radius 1 is 1.00 bits per heavy atom. The number of alkyl carbamates (subject to hydrolysis) is 1. The molecule has 214 valence electrons. The van der Waals surface area contributed by atoms with Crippen LogP contribution in [-0.2, 0) is 30.5 Å². The topological polar surface area (TPSA) is 188 Å². The number of amides is 3. The van der Waals surface area contributed by atoms with Crippen LogP contribution in [0.2, 0.25) is 0 Å². The molecule has 5 atom stereocenters. The molecule has 0 radical (unpaired) electrons. The van der Waals surface area contributed by atoms with Crippen LogP contribution in [0, 0.1) is 5.92 Å². The molecule has 1 saturated heterocycles. The smallest absolute Gasteiger partial charge is 0.408 e. The zero-order valence-corrected chi connectivity index (χ0v) is 21.9. The fourth-order valence-electron chi connectivity index (χ4n) is 5.46. The molecule has 1 aromatic rings. The minimum absolute atomic E-state index is 0.00650. The molecule has 1 aliphatic heterocycles. The molecule has 3 amide bonds. The van der Waals surface area contributed by atoms with Crippen molar-refractivity contribution < 1.29 is 38.9 Å². The molecular weight excluding hydrogens is 508 g/mol. The van der Waals surface area contributed by atoms with Crippen molar-refractivity contribution >= 4 is 29.8 Å². The molecule has 1 saturated carbocycles. The molecule has 12 nitrogen and oxygen atoms in total. The van der Waals surface area contributed by atoms with E-state index in [-0.39, 0.29) is 44.4 Å². The molecule has 39 heavy (non-hydrogen) atoms. The summed E-state index contributed by atoms with van der Waals surface area (Å²) in [5.41, 5.74) is 6.32. The summed E-state index contributed by atoms with van der Waals surface area (Å²) in [6.45, 7) is 0.248. The number of ether oxygens (including phenoxy) is 1. The summed E-state index contributed by atoms with van der Waals surface area (Å²) in [5, 5.41) is 24.3. The first-order valence-corrected chi connectivity index (χ1v) is 13.5. The van der Waals surface area contributed by atoms with E-state index in [1.165, 1.54) is 4.90 Å². The molecule has 1 aliphatic carbocycles. The fourth-order valence-corrected chi connectivity index (χ4v) is 5.46. The second kappa shape index (κ2) is 14.5. The van der Waals surface area contributed by atoms with Gasteiger partial charge in [0.05, 0.1) is 0 Å². The number of hydrogen-bond donors (Lipinski definition) is 5. The molecule has 3 rings (SSSR count). The molecule has 6 N–H and O–H groups in total. The standard InChI is InChI=1S/C27H38N4O8/c28-14-6-10-19(30-27(38)39-16-17-7-2-1-3-8-17)24(33)29-20(25(34)35)12-13-23(32)31-21-11-5-4-9-18(21)15-22(31)26(36)37/h1-3,7-8,18-22H,4-6,9-16,28H2,(H,29,33)(H,30,38)(H,34,35)(H,36,37)/t18?,19-,20-,21?,22?/m0/s1. The summed E-state index contributed by atoms with van der Waals surface area (Å²) < 4.78 is 5.17. The van der Waals surface area contributed by atoms with E-state index in [0.717, 1.165) is 31.2 Å². The number of likely N-dealkylation sites (tertiary alicyclic amines) is 1. The molecule has 2 aliphatic rings. The number of benzene rings is 1. The van der Waals surface area contributed by atoms with Crippen molar-refractivity contribution in [2.75, 3.05) is 6.54 Å². The predicted octanol–water partition coefficient (Wildman–Crippen LogP) is 1.61. The SMILES string of the molecule is NCCC[C@H](NC(=O)OCc1ccccc1)C(=O)N[C@@H](CCC(=O)N1C(C(=O)O)CC2CCCCC21)C(=O)O. The number of nitrogens with two attached hydrogens (primary N) is 1. The maximum Gasteiger partial charge on any atom is 0.408 e. The van der Waals surface area contributed by atoms with Gasteiger partial charge < -0.3 is 36.2 Å². The average Bonchev–Trinajstić information content (AvgIpc) is 3.32. The lowest BCUT2D eigenvalue weighted by Crippen LogP contribution is -2.52. The maximum atomic E-state index is 13.1. The molecule has 2 fully saturated rings. The van der Waals surface area contributed by atoms with E-state index >= 15 is 0 Å². The first kappa shape index (κ1) is 29.9. The van der Waals surface area contributed by atoms with Crippen LogP contribution in [-0.4, -0.2) is 75.7 Å². The Hall–Kier alpha value is -3.67. The summed E-state index contributed by atoms with van der Waals surface area (Å²) in [5.74, 6) is -3.44. The number of carbonyl (C=O) groups excluding carboxylic acids is 3. The van der Waals surface area contributed by atoms with Crippen molar-refractivity contribution in [1.82, 2.24) is 15.5 Å². The Balaban J connectivity index is 1.58. The number of nitrogens with one attached hydrogen (secondary N) is 2. The van der Waals surface area contributed by atoms with E-state index in [9.17, 15) is 34.2 Å². The first-order valence-electron chi connectivity index (χ1n) is 13.5. The third-order valence-corrected chi connectivity index (χ3v) is 7.44. The highest BCUT2D eigenvalue weighted by Crippen LogP contribution is 2.40. The lowest BCUT2D eigenvalue weighted by Gasteiger charge is -2.33. The fraction of sp³-hybridized carbons (Fsp3) is 0.593. The highest BCUT2D eigenvalue weighted by molar-refractivity contribution is 5.90. The van der Waals surface area contributed by atoms with Crippen molar-refractivity contribution in [3.63, 3.8) is 0 Å². The average molecular weight is 547 g/mol. The first-order chi connectivity index (χ1) is 18.7. The number of hydrogen-bond acceptors (Lipinski definition) is 7. The second-order valence-electron chi connectivity index (χ2n) is 10.1. The zero-order valence-electron chi connectivity index (χ0n) is 21.9. The van der Waals surface area contributed by atoms with Gasteiger partial charge in [0.15, 0.2) is 0 Å². The molecule has 0 spiro atoms. The van der Waals surface area contributed by atoms with Gasteiger partial charge >= 0.3 is 18.0 Å². The van der Waals surface area contributed by atoms with Crippen LogP contribution in [0.15, 0.2) is 30.3 Å². The number of fused-ring (bicyclic) bond motifs is 1. The van der Waals surface area contributed by atoms with Gasteiger partial charge in [0, 0.05) is 12.5 Å². The van der Waals surface area contributed by atoms with Crippen LogP contribution in [0.3, 0.4) is 0 Å². The third kappa shape index (κ3) is 8.41. The van der Waals surface area contributed by atoms with Crippen LogP contribution in [0.1, 0.15) is 63.4 Å². The molecule has 1 heterocycles. The van der Waals surface area contributed by atoms with E-state index in [4.69, 9.17) is 10.5 Å². The van der Waals surface area contributed by atoms with E-state index in [1.807, 2.05) is 6.07 Å². The van der Waals surface area contributed by atoms with Crippen LogP contribution < -0.4 is 16.4 Å². The summed E-state index contributed by atoms with van der Waals surface area (Å²) >= 11 is 0. The van der Waals surface area contributed by atoms with E-state index < -0.39 is 48.0 Å². The lowest BCUT2D eigenvalue weighted by molar-refractivity contribution is -0.150. The largest absolute Gasteiger partial charge is 0.480 e. The lowest BCUT2D eigenvalue weighted by atomic mass is 9.84. The van der Waals surface area contributed by atoms with E-state index in [1.54, 1.807) is 24.3 Å². The second-order valence-corrected chi connectivity index (χ2v) is 10.1. The van der Waals surface area contributed by atoms with Gasteiger partial charge in [0.1, 0.15) is 24.7 Å². The minimum Gasteiger partial charge on any atom is -0.480 e. The van der Waals surface area contributed by atoms with Crippen LogP contribution in [0.5, 0.6) is 0 Å². The Morgan fingerprint density at radius 3 is 2.38 bits per heavy atom. The van der Waals surface area contributed by atoms with Crippen molar-refractivity contribution in [1.29, 1.82) is 0 Å². The van der Waals surface area contributed by atoms with E-state index in [2.05, 4.69) is 10.6 Å². The Bertz CT molecular complexity index is 1020. The number of aliphatic carboxylic acids is 2. The normalized spacial score (nSPS) is 21.8. The number of rotatable bonds is 13.